The molecular weight excluding hydrogens is 457 g/mol. The molecule has 1 aromatic heterocycles. The van der Waals surface area contributed by atoms with E-state index in [0.29, 0.717) is 39.3 Å². The molecular formula is C26H27Cl2N3O2. The number of halogens is 2. The SMILES string of the molecule is CCC(CCNC=O)CCc1ccc(Cl)c(C(=O)c2cc3c(C)cc(C#N)cc3n2C)c1Cl. The second kappa shape index (κ2) is 10.9. The fourth-order valence-electron chi connectivity index (χ4n) is 4.27. The maximum Gasteiger partial charge on any atom is 0.212 e. The van der Waals surface area contributed by atoms with E-state index in [4.69, 9.17) is 23.2 Å². The van der Waals surface area contributed by atoms with Gasteiger partial charge in [0.25, 0.3) is 0 Å². The van der Waals surface area contributed by atoms with E-state index < -0.39 is 0 Å². The van der Waals surface area contributed by atoms with Crippen molar-refractivity contribution < 1.29 is 9.59 Å². The lowest BCUT2D eigenvalue weighted by Gasteiger charge is -2.16. The molecule has 0 bridgehead atoms. The van der Waals surface area contributed by atoms with Gasteiger partial charge in [-0.1, -0.05) is 42.6 Å². The third-order valence-corrected chi connectivity index (χ3v) is 7.05. The number of hydrogen-bond acceptors (Lipinski definition) is 3. The van der Waals surface area contributed by atoms with Crippen molar-refractivity contribution in [2.24, 2.45) is 13.0 Å². The predicted molar refractivity (Wildman–Crippen MR) is 133 cm³/mol. The van der Waals surface area contributed by atoms with Gasteiger partial charge in [-0.2, -0.15) is 5.26 Å². The summed E-state index contributed by atoms with van der Waals surface area (Å²) < 4.78 is 1.79. The molecule has 3 rings (SSSR count). The zero-order chi connectivity index (χ0) is 24.1. The van der Waals surface area contributed by atoms with Gasteiger partial charge in [0.05, 0.1) is 32.9 Å². The Balaban J connectivity index is 1.93. The lowest BCUT2D eigenvalue weighted by molar-refractivity contribution is -0.109. The summed E-state index contributed by atoms with van der Waals surface area (Å²) in [6.07, 6.45) is 4.23. The van der Waals surface area contributed by atoms with Crippen molar-refractivity contribution in [3.05, 3.63) is 68.3 Å². The molecule has 33 heavy (non-hydrogen) atoms. The highest BCUT2D eigenvalue weighted by Gasteiger charge is 2.23. The van der Waals surface area contributed by atoms with Crippen LogP contribution in [0.1, 0.15) is 58.9 Å². The minimum absolute atomic E-state index is 0.245. The number of nitriles is 1. The monoisotopic (exact) mass is 483 g/mol. The van der Waals surface area contributed by atoms with Crippen LogP contribution in [0.4, 0.5) is 0 Å². The van der Waals surface area contributed by atoms with Gasteiger partial charge in [0, 0.05) is 24.5 Å². The van der Waals surface area contributed by atoms with Gasteiger partial charge >= 0.3 is 0 Å². The van der Waals surface area contributed by atoms with Crippen molar-refractivity contribution in [2.45, 2.75) is 39.5 Å². The molecule has 1 N–H and O–H groups in total. The Kier molecular flexibility index (Phi) is 8.18. The highest BCUT2D eigenvalue weighted by molar-refractivity contribution is 6.41. The molecule has 0 radical (unpaired) electrons. The summed E-state index contributed by atoms with van der Waals surface area (Å²) in [4.78, 5) is 24.1. The first-order valence-corrected chi connectivity index (χ1v) is 11.8. The molecule has 0 saturated heterocycles. The molecule has 0 saturated carbocycles. The molecule has 0 aliphatic carbocycles. The number of ketones is 1. The normalized spacial score (nSPS) is 11.9. The van der Waals surface area contributed by atoms with Crippen LogP contribution in [-0.4, -0.2) is 23.3 Å². The number of nitrogens with one attached hydrogen (secondary N) is 1. The summed E-state index contributed by atoms with van der Waals surface area (Å²) >= 11 is 13.2. The topological polar surface area (TPSA) is 74.9 Å². The van der Waals surface area contributed by atoms with Gasteiger partial charge in [-0.05, 0) is 67.5 Å². The molecule has 1 atom stereocenters. The molecule has 3 aromatic rings. The summed E-state index contributed by atoms with van der Waals surface area (Å²) in [5, 5.41) is 13.6. The Morgan fingerprint density at radius 2 is 2.00 bits per heavy atom. The van der Waals surface area contributed by atoms with Crippen LogP contribution in [0.3, 0.4) is 0 Å². The van der Waals surface area contributed by atoms with E-state index in [9.17, 15) is 14.9 Å². The van der Waals surface area contributed by atoms with Crippen LogP contribution in [0.2, 0.25) is 10.0 Å². The van der Waals surface area contributed by atoms with Crippen LogP contribution < -0.4 is 5.32 Å². The van der Waals surface area contributed by atoms with Gasteiger partial charge in [-0.15, -0.1) is 0 Å². The molecule has 0 aliphatic heterocycles. The maximum absolute atomic E-state index is 13.6. The Morgan fingerprint density at radius 3 is 2.67 bits per heavy atom. The number of nitrogens with zero attached hydrogens (tertiary/aromatic N) is 2. The second-order valence-electron chi connectivity index (χ2n) is 8.32. The largest absolute Gasteiger partial charge is 0.359 e. The van der Waals surface area contributed by atoms with Crippen molar-refractivity contribution in [3.63, 3.8) is 0 Å². The molecule has 0 spiro atoms. The fourth-order valence-corrected chi connectivity index (χ4v) is 4.91. The van der Waals surface area contributed by atoms with Gasteiger partial charge in [-0.3, -0.25) is 9.59 Å². The second-order valence-corrected chi connectivity index (χ2v) is 9.11. The van der Waals surface area contributed by atoms with Crippen LogP contribution in [-0.2, 0) is 18.3 Å². The molecule has 1 unspecified atom stereocenters. The number of fused-ring (bicyclic) bond motifs is 1. The minimum atomic E-state index is -0.245. The van der Waals surface area contributed by atoms with E-state index in [1.54, 1.807) is 23.7 Å². The zero-order valence-corrected chi connectivity index (χ0v) is 20.6. The molecule has 0 fully saturated rings. The van der Waals surface area contributed by atoms with E-state index >= 15 is 0 Å². The molecule has 1 heterocycles. The highest BCUT2D eigenvalue weighted by atomic mass is 35.5. The Labute approximate surface area is 204 Å². The van der Waals surface area contributed by atoms with Crippen LogP contribution in [0.25, 0.3) is 10.9 Å². The Bertz CT molecular complexity index is 1240. The van der Waals surface area contributed by atoms with Crippen molar-refractivity contribution in [1.29, 1.82) is 5.26 Å². The minimum Gasteiger partial charge on any atom is -0.359 e. The summed E-state index contributed by atoms with van der Waals surface area (Å²) in [7, 11) is 1.81. The van der Waals surface area contributed by atoms with Gasteiger partial charge < -0.3 is 9.88 Å². The average molecular weight is 484 g/mol. The summed E-state index contributed by atoms with van der Waals surface area (Å²) in [5.41, 5.74) is 3.94. The number of aryl methyl sites for hydroxylation is 3. The van der Waals surface area contributed by atoms with Crippen LogP contribution in [0, 0.1) is 24.2 Å². The van der Waals surface area contributed by atoms with E-state index in [2.05, 4.69) is 18.3 Å². The lowest BCUT2D eigenvalue weighted by Crippen LogP contribution is -2.16. The first-order chi connectivity index (χ1) is 15.8. The summed E-state index contributed by atoms with van der Waals surface area (Å²) in [5.74, 6) is 0.199. The Hall–Kier alpha value is -2.81. The number of benzene rings is 2. The number of aromatic nitrogens is 1. The third kappa shape index (κ3) is 5.24. The highest BCUT2D eigenvalue weighted by Crippen LogP contribution is 2.34. The molecule has 172 valence electrons. The van der Waals surface area contributed by atoms with Crippen LogP contribution in [0.15, 0.2) is 30.3 Å². The van der Waals surface area contributed by atoms with Crippen molar-refractivity contribution >= 4 is 46.3 Å². The van der Waals surface area contributed by atoms with E-state index in [1.807, 2.05) is 25.1 Å². The molecule has 5 nitrogen and oxygen atoms in total. The molecule has 2 aromatic carbocycles. The number of hydrogen-bond donors (Lipinski definition) is 1. The molecule has 7 heteroatoms. The summed E-state index contributed by atoms with van der Waals surface area (Å²) in [6, 6.07) is 11.2. The quantitative estimate of drug-likeness (QED) is 0.218. The maximum atomic E-state index is 13.6. The zero-order valence-electron chi connectivity index (χ0n) is 19.0. The first-order valence-electron chi connectivity index (χ1n) is 11.0. The van der Waals surface area contributed by atoms with Crippen molar-refractivity contribution in [3.8, 4) is 6.07 Å². The van der Waals surface area contributed by atoms with E-state index in [0.717, 1.165) is 54.1 Å². The van der Waals surface area contributed by atoms with Gasteiger partial charge in [0.15, 0.2) is 0 Å². The fraction of sp³-hybridized carbons (Fsp3) is 0.346. The smallest absolute Gasteiger partial charge is 0.212 e. The van der Waals surface area contributed by atoms with Crippen molar-refractivity contribution in [1.82, 2.24) is 9.88 Å². The van der Waals surface area contributed by atoms with Gasteiger partial charge in [0.1, 0.15) is 0 Å². The van der Waals surface area contributed by atoms with Gasteiger partial charge in [-0.25, -0.2) is 0 Å². The molecule has 0 aliphatic rings. The Morgan fingerprint density at radius 1 is 1.24 bits per heavy atom. The average Bonchev–Trinajstić information content (AvgIpc) is 3.14. The predicted octanol–water partition coefficient (Wildman–Crippen LogP) is 5.99. The van der Waals surface area contributed by atoms with E-state index in [-0.39, 0.29) is 5.78 Å². The van der Waals surface area contributed by atoms with E-state index in [1.165, 1.54) is 0 Å². The standard InChI is InChI=1S/C26H27Cl2N3O2/c1-4-17(9-10-30-15-32)5-6-19-7-8-21(27)24(25(19)28)26(33)23-13-20-16(2)11-18(14-29)12-22(20)31(23)3/h7-8,11-13,15,17H,4-6,9-10H2,1-3H3,(H,30,32). The summed E-state index contributed by atoms with van der Waals surface area (Å²) in [6.45, 7) is 4.70. The van der Waals surface area contributed by atoms with Crippen LogP contribution >= 0.6 is 23.2 Å². The number of carbonyl (C=O) groups is 2. The lowest BCUT2D eigenvalue weighted by atomic mass is 9.93. The third-order valence-electron chi connectivity index (χ3n) is 6.31. The first kappa shape index (κ1) is 24.8. The number of amides is 1. The van der Waals surface area contributed by atoms with Crippen molar-refractivity contribution in [2.75, 3.05) is 6.54 Å². The molecule has 1 amide bonds. The van der Waals surface area contributed by atoms with Crippen LogP contribution in [0.5, 0.6) is 0 Å². The number of carbonyl (C=O) groups excluding carboxylic acids is 2. The number of rotatable bonds is 10. The van der Waals surface area contributed by atoms with Gasteiger partial charge in [0.2, 0.25) is 12.2 Å².